The fourth-order valence-electron chi connectivity index (χ4n) is 3.71. The molecule has 1 aromatic heterocycles. The van der Waals surface area contributed by atoms with Gasteiger partial charge in [-0.1, -0.05) is 47.2 Å². The Balaban J connectivity index is 1.94. The highest BCUT2D eigenvalue weighted by Crippen LogP contribution is 2.31. The first kappa shape index (κ1) is 23.0. The zero-order valence-corrected chi connectivity index (χ0v) is 20.2. The third-order valence-corrected chi connectivity index (χ3v) is 6.38. The van der Waals surface area contributed by atoms with Crippen molar-refractivity contribution in [1.29, 1.82) is 0 Å². The van der Waals surface area contributed by atoms with Gasteiger partial charge in [0, 0.05) is 5.02 Å². The molecule has 170 valence electrons. The van der Waals surface area contributed by atoms with Crippen molar-refractivity contribution in [3.8, 4) is 5.75 Å². The molecule has 0 spiro atoms. The van der Waals surface area contributed by atoms with E-state index in [1.165, 1.54) is 11.3 Å². The molecule has 1 aliphatic heterocycles. The van der Waals surface area contributed by atoms with Crippen LogP contribution in [0.25, 0.3) is 6.08 Å². The van der Waals surface area contributed by atoms with E-state index in [2.05, 4.69) is 4.99 Å². The van der Waals surface area contributed by atoms with Crippen molar-refractivity contribution in [3.63, 3.8) is 0 Å². The summed E-state index contributed by atoms with van der Waals surface area (Å²) in [6.07, 6.45) is 1.48. The average Bonchev–Trinajstić information content (AvgIpc) is 3.07. The van der Waals surface area contributed by atoms with E-state index in [1.54, 1.807) is 62.8 Å². The maximum absolute atomic E-state index is 13.6. The maximum atomic E-state index is 13.6. The van der Waals surface area contributed by atoms with Crippen LogP contribution in [0, 0.1) is 0 Å². The van der Waals surface area contributed by atoms with E-state index in [0.717, 1.165) is 11.1 Å². The van der Waals surface area contributed by atoms with Crippen molar-refractivity contribution < 1.29 is 14.3 Å². The summed E-state index contributed by atoms with van der Waals surface area (Å²) in [6.45, 7) is 5.34. The van der Waals surface area contributed by atoms with Gasteiger partial charge in [0.05, 0.1) is 35.1 Å². The van der Waals surface area contributed by atoms with Gasteiger partial charge in [-0.2, -0.15) is 0 Å². The molecule has 1 aliphatic rings. The van der Waals surface area contributed by atoms with Crippen molar-refractivity contribution in [1.82, 2.24) is 4.57 Å². The molecule has 0 fully saturated rings. The molecule has 8 heteroatoms. The van der Waals surface area contributed by atoms with E-state index in [9.17, 15) is 9.59 Å². The molecule has 0 aliphatic carbocycles. The third kappa shape index (κ3) is 4.65. The van der Waals surface area contributed by atoms with Crippen LogP contribution in [0.5, 0.6) is 5.75 Å². The number of hydrogen-bond donors (Lipinski definition) is 0. The highest BCUT2D eigenvalue weighted by Gasteiger charge is 2.33. The fraction of sp³-hybridized carbons (Fsp3) is 0.240. The first-order chi connectivity index (χ1) is 15.8. The van der Waals surface area contributed by atoms with Gasteiger partial charge in [0.25, 0.3) is 5.56 Å². The predicted octanol–water partition coefficient (Wildman–Crippen LogP) is 3.85. The van der Waals surface area contributed by atoms with Crippen LogP contribution in [0.2, 0.25) is 5.02 Å². The number of esters is 1. The first-order valence-electron chi connectivity index (χ1n) is 10.4. The zero-order chi connectivity index (χ0) is 23.7. The van der Waals surface area contributed by atoms with Crippen molar-refractivity contribution >= 4 is 35.0 Å². The molecule has 2 heterocycles. The van der Waals surface area contributed by atoms with E-state index >= 15 is 0 Å². The van der Waals surface area contributed by atoms with E-state index in [0.29, 0.717) is 31.4 Å². The van der Waals surface area contributed by atoms with Gasteiger partial charge in [-0.05, 0) is 62.2 Å². The number of aromatic nitrogens is 1. The average molecular weight is 483 g/mol. The van der Waals surface area contributed by atoms with Crippen LogP contribution in [0.1, 0.15) is 37.9 Å². The van der Waals surface area contributed by atoms with Crippen LogP contribution in [-0.4, -0.2) is 23.8 Å². The van der Waals surface area contributed by atoms with Gasteiger partial charge in [0.15, 0.2) is 4.80 Å². The van der Waals surface area contributed by atoms with Crippen LogP contribution < -0.4 is 19.6 Å². The Bertz CT molecular complexity index is 1420. The van der Waals surface area contributed by atoms with Gasteiger partial charge in [-0.3, -0.25) is 9.36 Å². The van der Waals surface area contributed by atoms with Crippen molar-refractivity contribution in [2.75, 3.05) is 7.11 Å². The van der Waals surface area contributed by atoms with Gasteiger partial charge in [-0.15, -0.1) is 0 Å². The summed E-state index contributed by atoms with van der Waals surface area (Å²) in [4.78, 5) is 31.8. The molecule has 33 heavy (non-hydrogen) atoms. The van der Waals surface area contributed by atoms with Gasteiger partial charge in [0.2, 0.25) is 0 Å². The minimum atomic E-state index is -0.667. The molecule has 3 aromatic rings. The Kier molecular flexibility index (Phi) is 6.54. The van der Waals surface area contributed by atoms with E-state index in [4.69, 9.17) is 21.1 Å². The number of allylic oxidation sites excluding steroid dienone is 1. The van der Waals surface area contributed by atoms with Crippen LogP contribution in [0.4, 0.5) is 0 Å². The summed E-state index contributed by atoms with van der Waals surface area (Å²) in [5, 5.41) is 0.585. The SMILES string of the molecule is COc1ccc(C2C(C(=O)OC(C)C)=C(C)N=c3s/c(=C/c4cccc(Cl)c4)c(=O)n32)cc1. The Hall–Kier alpha value is -3.16. The lowest BCUT2D eigenvalue weighted by molar-refractivity contribution is -0.143. The van der Waals surface area contributed by atoms with Crippen molar-refractivity contribution in [2.45, 2.75) is 32.9 Å². The second-order valence-corrected chi connectivity index (χ2v) is 9.31. The summed E-state index contributed by atoms with van der Waals surface area (Å²) in [7, 11) is 1.59. The van der Waals surface area contributed by atoms with Crippen LogP contribution in [0.15, 0.2) is 69.6 Å². The van der Waals surface area contributed by atoms with Crippen molar-refractivity contribution in [2.24, 2.45) is 4.99 Å². The maximum Gasteiger partial charge on any atom is 0.338 e. The third-order valence-electron chi connectivity index (χ3n) is 5.16. The molecule has 0 saturated carbocycles. The zero-order valence-electron chi connectivity index (χ0n) is 18.7. The molecule has 6 nitrogen and oxygen atoms in total. The predicted molar refractivity (Wildman–Crippen MR) is 129 cm³/mol. The lowest BCUT2D eigenvalue weighted by Crippen LogP contribution is -2.40. The van der Waals surface area contributed by atoms with E-state index in [-0.39, 0.29) is 11.7 Å². The molecule has 4 rings (SSSR count). The summed E-state index contributed by atoms with van der Waals surface area (Å²) in [5.41, 5.74) is 2.20. The number of ether oxygens (including phenoxy) is 2. The normalized spacial score (nSPS) is 15.9. The summed E-state index contributed by atoms with van der Waals surface area (Å²) >= 11 is 7.38. The fourth-order valence-corrected chi connectivity index (χ4v) is 4.95. The van der Waals surface area contributed by atoms with Crippen LogP contribution in [-0.2, 0) is 9.53 Å². The Morgan fingerprint density at radius 1 is 1.21 bits per heavy atom. The Morgan fingerprint density at radius 3 is 2.58 bits per heavy atom. The number of thiazole rings is 1. The second-order valence-electron chi connectivity index (χ2n) is 7.86. The Morgan fingerprint density at radius 2 is 1.94 bits per heavy atom. The number of halogens is 1. The number of nitrogens with zero attached hydrogens (tertiary/aromatic N) is 2. The summed E-state index contributed by atoms with van der Waals surface area (Å²) in [6, 6.07) is 13.9. The number of fused-ring (bicyclic) bond motifs is 1. The number of benzene rings is 2. The quantitative estimate of drug-likeness (QED) is 0.518. The van der Waals surface area contributed by atoms with Crippen LogP contribution in [0.3, 0.4) is 0 Å². The van der Waals surface area contributed by atoms with Crippen molar-refractivity contribution in [3.05, 3.63) is 95.6 Å². The molecule has 0 bridgehead atoms. The highest BCUT2D eigenvalue weighted by atomic mass is 35.5. The van der Waals surface area contributed by atoms with E-state index < -0.39 is 12.0 Å². The molecule has 0 radical (unpaired) electrons. The molecule has 1 unspecified atom stereocenters. The Labute approximate surface area is 200 Å². The smallest absolute Gasteiger partial charge is 0.338 e. The lowest BCUT2D eigenvalue weighted by atomic mass is 9.96. The number of carbonyl (C=O) groups excluding carboxylic acids is 1. The number of methoxy groups -OCH3 is 1. The molecular weight excluding hydrogens is 460 g/mol. The van der Waals surface area contributed by atoms with Gasteiger partial charge in [0.1, 0.15) is 5.75 Å². The second kappa shape index (κ2) is 9.37. The van der Waals surface area contributed by atoms with E-state index in [1.807, 2.05) is 24.3 Å². The molecule has 0 N–H and O–H groups in total. The minimum absolute atomic E-state index is 0.234. The van der Waals surface area contributed by atoms with Crippen LogP contribution >= 0.6 is 22.9 Å². The number of carbonyl (C=O) groups is 1. The number of rotatable bonds is 5. The standard InChI is InChI=1S/C25H23ClN2O4S/c1-14(2)32-24(30)21-15(3)27-25-28(22(21)17-8-10-19(31-4)11-9-17)23(29)20(33-25)13-16-6-5-7-18(26)12-16/h5-14,22H,1-4H3/b20-13+. The molecular formula is C25H23ClN2O4S. The molecule has 1 atom stereocenters. The molecule has 0 saturated heterocycles. The molecule has 2 aromatic carbocycles. The molecule has 0 amide bonds. The van der Waals surface area contributed by atoms with Gasteiger partial charge >= 0.3 is 5.97 Å². The van der Waals surface area contributed by atoms with Gasteiger partial charge < -0.3 is 9.47 Å². The largest absolute Gasteiger partial charge is 0.497 e. The summed E-state index contributed by atoms with van der Waals surface area (Å²) < 4.78 is 12.8. The lowest BCUT2D eigenvalue weighted by Gasteiger charge is -2.25. The summed E-state index contributed by atoms with van der Waals surface area (Å²) in [5.74, 6) is 0.190. The topological polar surface area (TPSA) is 69.9 Å². The highest BCUT2D eigenvalue weighted by molar-refractivity contribution is 7.07. The first-order valence-corrected chi connectivity index (χ1v) is 11.6. The number of hydrogen-bond acceptors (Lipinski definition) is 6. The minimum Gasteiger partial charge on any atom is -0.497 e. The van der Waals surface area contributed by atoms with Gasteiger partial charge in [-0.25, -0.2) is 9.79 Å². The monoisotopic (exact) mass is 482 g/mol.